The van der Waals surface area contributed by atoms with Gasteiger partial charge in [0.1, 0.15) is 6.04 Å². The van der Waals surface area contributed by atoms with Crippen LogP contribution in [0.3, 0.4) is 0 Å². The molecule has 98 valence electrons. The highest BCUT2D eigenvalue weighted by Crippen LogP contribution is 2.16. The number of halogens is 1. The molecule has 0 aliphatic rings. The third kappa shape index (κ3) is 3.47. The van der Waals surface area contributed by atoms with E-state index in [1.165, 1.54) is 11.9 Å². The largest absolute Gasteiger partial charge is 0.480 e. The summed E-state index contributed by atoms with van der Waals surface area (Å²) in [6.07, 6.45) is 0.486. The van der Waals surface area contributed by atoms with Gasteiger partial charge in [-0.15, -0.1) is 0 Å². The van der Waals surface area contributed by atoms with Gasteiger partial charge in [0, 0.05) is 12.1 Å². The smallest absolute Gasteiger partial charge is 0.326 e. The van der Waals surface area contributed by atoms with Crippen LogP contribution in [0.15, 0.2) is 24.3 Å². The Kier molecular flexibility index (Phi) is 5.16. The first-order chi connectivity index (χ1) is 8.47. The summed E-state index contributed by atoms with van der Waals surface area (Å²) in [6.45, 7) is 1.73. The molecule has 18 heavy (non-hydrogen) atoms. The molecule has 1 N–H and O–H groups in total. The zero-order valence-electron chi connectivity index (χ0n) is 10.4. The van der Waals surface area contributed by atoms with Gasteiger partial charge >= 0.3 is 5.97 Å². The minimum atomic E-state index is -0.993. The standard InChI is InChI=1S/C13H16ClNO3/c1-3-11(13(17)18)15(2)12(16)8-9-6-4-5-7-10(9)14/h4-7,11H,3,8H2,1-2H3,(H,17,18). The van der Waals surface area contributed by atoms with E-state index in [1.807, 2.05) is 0 Å². The van der Waals surface area contributed by atoms with Gasteiger partial charge in [-0.25, -0.2) is 4.79 Å². The van der Waals surface area contributed by atoms with Gasteiger partial charge in [0.15, 0.2) is 0 Å². The molecule has 1 rings (SSSR count). The van der Waals surface area contributed by atoms with E-state index in [9.17, 15) is 9.59 Å². The number of hydrogen-bond acceptors (Lipinski definition) is 2. The normalized spacial score (nSPS) is 11.9. The van der Waals surface area contributed by atoms with E-state index in [-0.39, 0.29) is 12.3 Å². The molecule has 0 saturated heterocycles. The van der Waals surface area contributed by atoms with E-state index in [1.54, 1.807) is 31.2 Å². The van der Waals surface area contributed by atoms with E-state index in [0.29, 0.717) is 17.0 Å². The van der Waals surface area contributed by atoms with Crippen LogP contribution in [0.2, 0.25) is 5.02 Å². The molecule has 1 atom stereocenters. The number of carbonyl (C=O) groups is 2. The van der Waals surface area contributed by atoms with Crippen LogP contribution in [0.1, 0.15) is 18.9 Å². The molecule has 1 unspecified atom stereocenters. The van der Waals surface area contributed by atoms with Crippen molar-refractivity contribution < 1.29 is 14.7 Å². The Hall–Kier alpha value is -1.55. The molecule has 0 spiro atoms. The molecule has 0 radical (unpaired) electrons. The first-order valence-corrected chi connectivity index (χ1v) is 6.07. The number of benzene rings is 1. The minimum Gasteiger partial charge on any atom is -0.480 e. The molecule has 0 bridgehead atoms. The second kappa shape index (κ2) is 6.40. The molecule has 0 fully saturated rings. The zero-order chi connectivity index (χ0) is 13.7. The van der Waals surface area contributed by atoms with Crippen LogP contribution in [0, 0.1) is 0 Å². The summed E-state index contributed by atoms with van der Waals surface area (Å²) >= 11 is 5.96. The molecule has 0 aromatic heterocycles. The Morgan fingerprint density at radius 2 is 2.00 bits per heavy atom. The van der Waals surface area contributed by atoms with Gasteiger partial charge in [0.05, 0.1) is 6.42 Å². The topological polar surface area (TPSA) is 57.6 Å². The molecular formula is C13H16ClNO3. The summed E-state index contributed by atoms with van der Waals surface area (Å²) < 4.78 is 0. The molecule has 4 nitrogen and oxygen atoms in total. The second-order valence-electron chi connectivity index (χ2n) is 4.04. The average molecular weight is 270 g/mol. The van der Waals surface area contributed by atoms with Crippen LogP contribution >= 0.6 is 11.6 Å². The molecule has 0 heterocycles. The van der Waals surface area contributed by atoms with Crippen LogP contribution in [0.25, 0.3) is 0 Å². The number of aliphatic carboxylic acids is 1. The van der Waals surface area contributed by atoms with Crippen LogP contribution < -0.4 is 0 Å². The Balaban J connectivity index is 2.77. The van der Waals surface area contributed by atoms with Crippen molar-refractivity contribution in [1.29, 1.82) is 0 Å². The van der Waals surface area contributed by atoms with E-state index in [0.717, 1.165) is 0 Å². The Labute approximate surface area is 111 Å². The molecule has 1 amide bonds. The highest BCUT2D eigenvalue weighted by Gasteiger charge is 2.24. The number of carboxylic acid groups (broad SMARTS) is 1. The first kappa shape index (κ1) is 14.5. The van der Waals surface area contributed by atoms with Crippen molar-refractivity contribution in [2.24, 2.45) is 0 Å². The lowest BCUT2D eigenvalue weighted by Crippen LogP contribution is -2.42. The lowest BCUT2D eigenvalue weighted by molar-refractivity contribution is -0.148. The van der Waals surface area contributed by atoms with Crippen molar-refractivity contribution in [2.75, 3.05) is 7.05 Å². The second-order valence-corrected chi connectivity index (χ2v) is 4.44. The third-order valence-electron chi connectivity index (χ3n) is 2.83. The van der Waals surface area contributed by atoms with Gasteiger partial charge in [-0.05, 0) is 18.1 Å². The summed E-state index contributed by atoms with van der Waals surface area (Å²) in [5.74, 6) is -1.25. The van der Waals surface area contributed by atoms with Crippen molar-refractivity contribution in [1.82, 2.24) is 4.90 Å². The van der Waals surface area contributed by atoms with Gasteiger partial charge < -0.3 is 10.0 Å². The summed E-state index contributed by atoms with van der Waals surface area (Å²) in [7, 11) is 1.50. The van der Waals surface area contributed by atoms with Crippen LogP contribution in [0.5, 0.6) is 0 Å². The Morgan fingerprint density at radius 1 is 1.39 bits per heavy atom. The van der Waals surface area contributed by atoms with Crippen molar-refractivity contribution in [2.45, 2.75) is 25.8 Å². The number of rotatable bonds is 5. The van der Waals surface area contributed by atoms with Gasteiger partial charge in [-0.2, -0.15) is 0 Å². The lowest BCUT2D eigenvalue weighted by Gasteiger charge is -2.23. The SMILES string of the molecule is CCC(C(=O)O)N(C)C(=O)Cc1ccccc1Cl. The first-order valence-electron chi connectivity index (χ1n) is 5.69. The predicted octanol–water partition coefficient (Wildman–Crippen LogP) is 2.20. The van der Waals surface area contributed by atoms with Crippen LogP contribution in [0.4, 0.5) is 0 Å². The number of carbonyl (C=O) groups excluding carboxylic acids is 1. The number of likely N-dealkylation sites (N-methyl/N-ethyl adjacent to an activating group) is 1. The van der Waals surface area contributed by atoms with Gasteiger partial charge in [-0.3, -0.25) is 4.79 Å². The van der Waals surface area contributed by atoms with Gasteiger partial charge in [0.25, 0.3) is 0 Å². The molecule has 1 aromatic carbocycles. The predicted molar refractivity (Wildman–Crippen MR) is 69.6 cm³/mol. The van der Waals surface area contributed by atoms with Gasteiger partial charge in [-0.1, -0.05) is 36.7 Å². The molecule has 0 aliphatic heterocycles. The van der Waals surface area contributed by atoms with Crippen molar-refractivity contribution >= 4 is 23.5 Å². The third-order valence-corrected chi connectivity index (χ3v) is 3.20. The van der Waals surface area contributed by atoms with Crippen LogP contribution in [-0.4, -0.2) is 35.0 Å². The van der Waals surface area contributed by atoms with Gasteiger partial charge in [0.2, 0.25) is 5.91 Å². The Morgan fingerprint density at radius 3 is 2.50 bits per heavy atom. The summed E-state index contributed by atoms with van der Waals surface area (Å²) in [5.41, 5.74) is 0.705. The zero-order valence-corrected chi connectivity index (χ0v) is 11.1. The monoisotopic (exact) mass is 269 g/mol. The maximum Gasteiger partial charge on any atom is 0.326 e. The van der Waals surface area contributed by atoms with Crippen molar-refractivity contribution in [3.8, 4) is 0 Å². The van der Waals surface area contributed by atoms with E-state index in [4.69, 9.17) is 16.7 Å². The quantitative estimate of drug-likeness (QED) is 0.892. The van der Waals surface area contributed by atoms with Crippen LogP contribution in [-0.2, 0) is 16.0 Å². The highest BCUT2D eigenvalue weighted by molar-refractivity contribution is 6.31. The van der Waals surface area contributed by atoms with E-state index < -0.39 is 12.0 Å². The molecule has 5 heteroatoms. The van der Waals surface area contributed by atoms with E-state index >= 15 is 0 Å². The average Bonchev–Trinajstić information content (AvgIpc) is 2.32. The fourth-order valence-electron chi connectivity index (χ4n) is 1.72. The highest BCUT2D eigenvalue weighted by atomic mass is 35.5. The van der Waals surface area contributed by atoms with E-state index in [2.05, 4.69) is 0 Å². The summed E-state index contributed by atoms with van der Waals surface area (Å²) in [5, 5.41) is 9.51. The number of hydrogen-bond donors (Lipinski definition) is 1. The lowest BCUT2D eigenvalue weighted by atomic mass is 10.1. The Bertz CT molecular complexity index is 448. The summed E-state index contributed by atoms with van der Waals surface area (Å²) in [4.78, 5) is 24.2. The molecule has 0 saturated carbocycles. The summed E-state index contributed by atoms with van der Waals surface area (Å²) in [6, 6.07) is 6.25. The molecule has 1 aromatic rings. The number of nitrogens with zero attached hydrogens (tertiary/aromatic N) is 1. The number of amides is 1. The fraction of sp³-hybridized carbons (Fsp3) is 0.385. The van der Waals surface area contributed by atoms with Crippen molar-refractivity contribution in [3.05, 3.63) is 34.9 Å². The van der Waals surface area contributed by atoms with Crippen molar-refractivity contribution in [3.63, 3.8) is 0 Å². The molecular weight excluding hydrogens is 254 g/mol. The number of carboxylic acids is 1. The minimum absolute atomic E-state index is 0.111. The maximum atomic E-state index is 12.0. The fourth-order valence-corrected chi connectivity index (χ4v) is 1.92. The molecule has 0 aliphatic carbocycles. The maximum absolute atomic E-state index is 12.0.